The van der Waals surface area contributed by atoms with E-state index < -0.39 is 0 Å². The maximum atomic E-state index is 6.25. The molecule has 0 saturated heterocycles. The molecule has 1 atom stereocenters. The quantitative estimate of drug-likeness (QED) is 0.807. The minimum Gasteiger partial charge on any atom is -0.458 e. The molecule has 2 rings (SSSR count). The molecule has 2 aromatic rings. The summed E-state index contributed by atoms with van der Waals surface area (Å²) in [6, 6.07) is 6.26. The zero-order valence-electron chi connectivity index (χ0n) is 13.0. The first-order valence-corrected chi connectivity index (χ1v) is 7.64. The van der Waals surface area contributed by atoms with Crippen LogP contribution in [0.1, 0.15) is 51.5 Å². The summed E-state index contributed by atoms with van der Waals surface area (Å²) < 4.78 is 6.07. The van der Waals surface area contributed by atoms with Crippen molar-refractivity contribution in [1.82, 2.24) is 5.32 Å². The van der Waals surface area contributed by atoms with Gasteiger partial charge in [0.25, 0.3) is 0 Å². The van der Waals surface area contributed by atoms with E-state index in [0.717, 1.165) is 29.7 Å². The second-order valence-corrected chi connectivity index (χ2v) is 6.92. The molecule has 1 heterocycles. The highest BCUT2D eigenvalue weighted by Gasteiger charge is 2.29. The molecule has 1 aromatic carbocycles. The summed E-state index contributed by atoms with van der Waals surface area (Å²) in [6.45, 7) is 11.9. The Kier molecular flexibility index (Phi) is 4.46. The Labute approximate surface area is 126 Å². The molecule has 0 radical (unpaired) electrons. The number of halogens is 1. The summed E-state index contributed by atoms with van der Waals surface area (Å²) in [7, 11) is 0. The molecule has 0 aliphatic heterocycles. The average molecular weight is 294 g/mol. The third-order valence-electron chi connectivity index (χ3n) is 3.62. The Bertz CT molecular complexity index is 556. The molecular weight excluding hydrogens is 270 g/mol. The lowest BCUT2D eigenvalue weighted by Crippen LogP contribution is -2.32. The number of fused-ring (bicyclic) bond motifs is 1. The molecular formula is C17H24ClNO. The number of nitrogens with one attached hydrogen (secondary N) is 1. The Morgan fingerprint density at radius 2 is 2.00 bits per heavy atom. The second kappa shape index (κ2) is 5.79. The van der Waals surface area contributed by atoms with Gasteiger partial charge in [-0.15, -0.1) is 0 Å². The standard InChI is InChI=1S/C17H24ClNO/c1-6-9-19-16(17(3,4)5)14-10-12-11(2)7-8-13(18)15(12)20-14/h7-8,10,16,19H,6,9H2,1-5H3. The molecule has 110 valence electrons. The van der Waals surface area contributed by atoms with E-state index in [0.29, 0.717) is 5.02 Å². The van der Waals surface area contributed by atoms with E-state index >= 15 is 0 Å². The van der Waals surface area contributed by atoms with Crippen molar-refractivity contribution in [3.05, 3.63) is 34.5 Å². The van der Waals surface area contributed by atoms with Crippen LogP contribution in [0.15, 0.2) is 22.6 Å². The average Bonchev–Trinajstić information content (AvgIpc) is 2.79. The van der Waals surface area contributed by atoms with Crippen molar-refractivity contribution < 1.29 is 4.42 Å². The Balaban J connectivity index is 2.49. The van der Waals surface area contributed by atoms with Crippen LogP contribution in [0.5, 0.6) is 0 Å². The predicted octanol–water partition coefficient (Wildman–Crippen LogP) is 5.48. The second-order valence-electron chi connectivity index (χ2n) is 6.51. The van der Waals surface area contributed by atoms with Gasteiger partial charge in [0.1, 0.15) is 5.76 Å². The Morgan fingerprint density at radius 3 is 2.55 bits per heavy atom. The van der Waals surface area contributed by atoms with Gasteiger partial charge in [-0.1, -0.05) is 45.4 Å². The van der Waals surface area contributed by atoms with Crippen molar-refractivity contribution in [3.8, 4) is 0 Å². The maximum Gasteiger partial charge on any atom is 0.153 e. The lowest BCUT2D eigenvalue weighted by Gasteiger charge is -2.30. The normalized spacial score (nSPS) is 13.9. The molecule has 2 nitrogen and oxygen atoms in total. The van der Waals surface area contributed by atoms with Gasteiger partial charge in [-0.05, 0) is 43.0 Å². The molecule has 0 saturated carbocycles. The van der Waals surface area contributed by atoms with E-state index in [1.165, 1.54) is 5.56 Å². The smallest absolute Gasteiger partial charge is 0.153 e. The fraction of sp³-hybridized carbons (Fsp3) is 0.529. The first-order valence-electron chi connectivity index (χ1n) is 7.26. The van der Waals surface area contributed by atoms with E-state index in [-0.39, 0.29) is 11.5 Å². The van der Waals surface area contributed by atoms with E-state index in [4.69, 9.17) is 16.0 Å². The fourth-order valence-corrected chi connectivity index (χ4v) is 2.71. The Morgan fingerprint density at radius 1 is 1.30 bits per heavy atom. The van der Waals surface area contributed by atoms with Gasteiger partial charge in [-0.3, -0.25) is 0 Å². The number of rotatable bonds is 4. The molecule has 0 bridgehead atoms. The van der Waals surface area contributed by atoms with Crippen LogP contribution in [0.4, 0.5) is 0 Å². The summed E-state index contributed by atoms with van der Waals surface area (Å²) in [5, 5.41) is 5.38. The van der Waals surface area contributed by atoms with Crippen LogP contribution in [0.3, 0.4) is 0 Å². The molecule has 1 unspecified atom stereocenters. The first-order chi connectivity index (χ1) is 9.34. The minimum absolute atomic E-state index is 0.0867. The summed E-state index contributed by atoms with van der Waals surface area (Å²) in [5.41, 5.74) is 2.08. The molecule has 20 heavy (non-hydrogen) atoms. The summed E-state index contributed by atoms with van der Waals surface area (Å²) >= 11 is 6.25. The first kappa shape index (κ1) is 15.4. The number of aryl methyl sites for hydroxylation is 1. The third-order valence-corrected chi connectivity index (χ3v) is 3.92. The van der Waals surface area contributed by atoms with Crippen molar-refractivity contribution in [3.63, 3.8) is 0 Å². The van der Waals surface area contributed by atoms with Crippen molar-refractivity contribution in [2.45, 2.75) is 47.1 Å². The molecule has 1 N–H and O–H groups in total. The molecule has 0 aliphatic rings. The minimum atomic E-state index is 0.0867. The number of furan rings is 1. The van der Waals surface area contributed by atoms with Crippen molar-refractivity contribution >= 4 is 22.6 Å². The zero-order valence-corrected chi connectivity index (χ0v) is 13.8. The van der Waals surface area contributed by atoms with Gasteiger partial charge < -0.3 is 9.73 Å². The summed E-state index contributed by atoms with van der Waals surface area (Å²) in [5.74, 6) is 0.970. The monoisotopic (exact) mass is 293 g/mol. The molecule has 0 spiro atoms. The number of benzene rings is 1. The molecule has 0 aliphatic carbocycles. The van der Waals surface area contributed by atoms with Crippen molar-refractivity contribution in [2.75, 3.05) is 6.54 Å². The highest BCUT2D eigenvalue weighted by atomic mass is 35.5. The molecule has 1 aromatic heterocycles. The van der Waals surface area contributed by atoms with Crippen LogP contribution in [-0.2, 0) is 0 Å². The van der Waals surface area contributed by atoms with Crippen LogP contribution < -0.4 is 5.32 Å². The fourth-order valence-electron chi connectivity index (χ4n) is 2.51. The van der Waals surface area contributed by atoms with E-state index in [1.807, 2.05) is 12.1 Å². The summed E-state index contributed by atoms with van der Waals surface area (Å²) in [4.78, 5) is 0. The topological polar surface area (TPSA) is 25.2 Å². The van der Waals surface area contributed by atoms with Gasteiger partial charge in [-0.2, -0.15) is 0 Å². The molecule has 0 fully saturated rings. The SMILES string of the molecule is CCCNC(c1cc2c(C)ccc(Cl)c2o1)C(C)(C)C. The van der Waals surface area contributed by atoms with Gasteiger partial charge in [0.15, 0.2) is 5.58 Å². The highest BCUT2D eigenvalue weighted by molar-refractivity contribution is 6.34. The van der Waals surface area contributed by atoms with Gasteiger partial charge >= 0.3 is 0 Å². The van der Waals surface area contributed by atoms with Crippen LogP contribution >= 0.6 is 11.6 Å². The Hall–Kier alpha value is -0.990. The van der Waals surface area contributed by atoms with Gasteiger partial charge in [0.05, 0.1) is 11.1 Å². The van der Waals surface area contributed by atoms with E-state index in [1.54, 1.807) is 0 Å². The van der Waals surface area contributed by atoms with Gasteiger partial charge in [-0.25, -0.2) is 0 Å². The largest absolute Gasteiger partial charge is 0.458 e. The highest BCUT2D eigenvalue weighted by Crippen LogP contribution is 2.38. The van der Waals surface area contributed by atoms with Crippen LogP contribution in [0.2, 0.25) is 5.02 Å². The van der Waals surface area contributed by atoms with Gasteiger partial charge in [0, 0.05) is 5.39 Å². The van der Waals surface area contributed by atoms with Crippen LogP contribution in [-0.4, -0.2) is 6.54 Å². The molecule has 3 heteroatoms. The lowest BCUT2D eigenvalue weighted by atomic mass is 9.85. The van der Waals surface area contributed by atoms with Crippen LogP contribution in [0, 0.1) is 12.3 Å². The number of hydrogen-bond acceptors (Lipinski definition) is 2. The van der Waals surface area contributed by atoms with E-state index in [9.17, 15) is 0 Å². The van der Waals surface area contributed by atoms with Crippen molar-refractivity contribution in [1.29, 1.82) is 0 Å². The van der Waals surface area contributed by atoms with E-state index in [2.05, 4.69) is 46.0 Å². The van der Waals surface area contributed by atoms with Gasteiger partial charge in [0.2, 0.25) is 0 Å². The zero-order chi connectivity index (χ0) is 14.9. The van der Waals surface area contributed by atoms with Crippen LogP contribution in [0.25, 0.3) is 11.0 Å². The van der Waals surface area contributed by atoms with Crippen molar-refractivity contribution in [2.24, 2.45) is 5.41 Å². The lowest BCUT2D eigenvalue weighted by molar-refractivity contribution is 0.242. The molecule has 0 amide bonds. The summed E-state index contributed by atoms with van der Waals surface area (Å²) in [6.07, 6.45) is 1.10. The predicted molar refractivity (Wildman–Crippen MR) is 86.5 cm³/mol. The number of hydrogen-bond donors (Lipinski definition) is 1. The maximum absolute atomic E-state index is 6.25. The third kappa shape index (κ3) is 3.02.